The maximum atomic E-state index is 13.0. The van der Waals surface area contributed by atoms with Gasteiger partial charge in [-0.2, -0.15) is 0 Å². The van der Waals surface area contributed by atoms with Crippen LogP contribution in [0.5, 0.6) is 5.75 Å². The van der Waals surface area contributed by atoms with Gasteiger partial charge < -0.3 is 17.7 Å². The van der Waals surface area contributed by atoms with Gasteiger partial charge >= 0.3 is 6.98 Å². The fourth-order valence-electron chi connectivity index (χ4n) is 1.84. The Balaban J connectivity index is 2.21. The van der Waals surface area contributed by atoms with E-state index in [0.29, 0.717) is 10.6 Å². The van der Waals surface area contributed by atoms with Crippen LogP contribution < -0.4 is 10.2 Å². The third-order valence-electron chi connectivity index (χ3n) is 2.80. The van der Waals surface area contributed by atoms with E-state index in [-0.39, 0.29) is 12.4 Å². The zero-order valence-electron chi connectivity index (χ0n) is 10.7. The van der Waals surface area contributed by atoms with Crippen LogP contribution in [0, 0.1) is 6.92 Å². The predicted octanol–water partition coefficient (Wildman–Crippen LogP) is 4.28. The molecule has 2 aromatic rings. The van der Waals surface area contributed by atoms with Gasteiger partial charge in [0.15, 0.2) is 0 Å². The molecule has 2 aromatic carbocycles. The van der Waals surface area contributed by atoms with Crippen LogP contribution in [-0.4, -0.2) is 6.98 Å². The highest BCUT2D eigenvalue weighted by Gasteiger charge is 2.29. The van der Waals surface area contributed by atoms with E-state index >= 15 is 0 Å². The van der Waals surface area contributed by atoms with Gasteiger partial charge in [0.1, 0.15) is 6.61 Å². The number of rotatable bonds is 4. The molecular weight excluding hydrogens is 287 g/mol. The molecule has 0 aromatic heterocycles. The van der Waals surface area contributed by atoms with E-state index in [1.807, 2.05) is 0 Å². The lowest BCUT2D eigenvalue weighted by Gasteiger charge is -2.20. The smallest absolute Gasteiger partial charge is 0.492 e. The molecular formula is C14H12BClF3O-. The summed E-state index contributed by atoms with van der Waals surface area (Å²) in [6.07, 6.45) is 0. The van der Waals surface area contributed by atoms with E-state index in [2.05, 4.69) is 0 Å². The second-order valence-electron chi connectivity index (χ2n) is 4.53. The monoisotopic (exact) mass is 299 g/mol. The molecule has 0 unspecified atom stereocenters. The van der Waals surface area contributed by atoms with Gasteiger partial charge in [-0.15, -0.1) is 0 Å². The van der Waals surface area contributed by atoms with Crippen molar-refractivity contribution in [3.8, 4) is 5.75 Å². The third-order valence-corrected chi connectivity index (χ3v) is 3.04. The molecule has 0 aliphatic carbocycles. The summed E-state index contributed by atoms with van der Waals surface area (Å²) < 4.78 is 44.2. The fourth-order valence-corrected chi connectivity index (χ4v) is 2.06. The van der Waals surface area contributed by atoms with Crippen molar-refractivity contribution >= 4 is 24.0 Å². The second-order valence-corrected chi connectivity index (χ2v) is 4.97. The molecule has 0 spiro atoms. The Morgan fingerprint density at radius 3 is 2.50 bits per heavy atom. The van der Waals surface area contributed by atoms with E-state index in [4.69, 9.17) is 16.3 Å². The van der Waals surface area contributed by atoms with E-state index < -0.39 is 12.4 Å². The Kier molecular flexibility index (Phi) is 4.28. The van der Waals surface area contributed by atoms with Crippen molar-refractivity contribution in [3.05, 3.63) is 58.6 Å². The van der Waals surface area contributed by atoms with E-state index in [1.54, 1.807) is 37.3 Å². The minimum Gasteiger partial charge on any atom is -0.492 e. The van der Waals surface area contributed by atoms with Gasteiger partial charge in [-0.1, -0.05) is 46.9 Å². The summed E-state index contributed by atoms with van der Waals surface area (Å²) in [6, 6.07) is 10.9. The highest BCUT2D eigenvalue weighted by molar-refractivity contribution is 6.74. The van der Waals surface area contributed by atoms with Crippen LogP contribution in [0.3, 0.4) is 0 Å². The summed E-state index contributed by atoms with van der Waals surface area (Å²) in [5.74, 6) is -0.150. The largest absolute Gasteiger partial charge is 0.513 e. The summed E-state index contributed by atoms with van der Waals surface area (Å²) >= 11 is 5.82. The molecule has 0 bridgehead atoms. The molecule has 0 aliphatic rings. The van der Waals surface area contributed by atoms with Gasteiger partial charge in [0.05, 0.1) is 5.75 Å². The summed E-state index contributed by atoms with van der Waals surface area (Å²) in [6.45, 7) is -3.44. The van der Waals surface area contributed by atoms with Gasteiger partial charge in [-0.05, 0) is 30.7 Å². The van der Waals surface area contributed by atoms with Crippen molar-refractivity contribution in [3.63, 3.8) is 0 Å². The summed E-state index contributed by atoms with van der Waals surface area (Å²) in [5, 5.41) is 0.523. The summed E-state index contributed by atoms with van der Waals surface area (Å²) in [5.41, 5.74) is 0.569. The quantitative estimate of drug-likeness (QED) is 0.766. The van der Waals surface area contributed by atoms with Crippen LogP contribution in [0.15, 0.2) is 42.5 Å². The van der Waals surface area contributed by atoms with E-state index in [1.165, 1.54) is 6.07 Å². The first-order valence-corrected chi connectivity index (χ1v) is 6.42. The summed E-state index contributed by atoms with van der Waals surface area (Å²) in [4.78, 5) is 0. The Morgan fingerprint density at radius 1 is 1.10 bits per heavy atom. The zero-order valence-corrected chi connectivity index (χ0v) is 11.5. The summed E-state index contributed by atoms with van der Waals surface area (Å²) in [7, 11) is 0. The topological polar surface area (TPSA) is 9.23 Å². The predicted molar refractivity (Wildman–Crippen MR) is 75.7 cm³/mol. The Labute approximate surface area is 120 Å². The number of hydrogen-bond acceptors (Lipinski definition) is 1. The van der Waals surface area contributed by atoms with Crippen molar-refractivity contribution < 1.29 is 17.7 Å². The second kappa shape index (κ2) is 5.79. The first-order chi connectivity index (χ1) is 9.36. The first kappa shape index (κ1) is 14.8. The zero-order chi connectivity index (χ0) is 14.8. The van der Waals surface area contributed by atoms with Gasteiger partial charge in [0, 0.05) is 5.02 Å². The standard InChI is InChI=1S/C14H12BClF3O/c1-10-5-6-14(13(7-10)15(17,18)19)20-9-11-3-2-4-12(16)8-11/h2-8H,9H2,1H3/q-1. The molecule has 0 radical (unpaired) electrons. The molecule has 0 saturated carbocycles. The van der Waals surface area contributed by atoms with Crippen molar-refractivity contribution in [1.29, 1.82) is 0 Å². The molecule has 0 fully saturated rings. The fraction of sp³-hybridized carbons (Fsp3) is 0.143. The average Bonchev–Trinajstić information content (AvgIpc) is 2.36. The Hall–Kier alpha value is -1.62. The maximum Gasteiger partial charge on any atom is 0.513 e. The molecule has 0 atom stereocenters. The van der Waals surface area contributed by atoms with Gasteiger partial charge in [-0.3, -0.25) is 0 Å². The molecule has 20 heavy (non-hydrogen) atoms. The molecule has 0 amide bonds. The normalized spacial score (nSPS) is 11.4. The molecule has 106 valence electrons. The lowest BCUT2D eigenvalue weighted by atomic mass is 9.78. The van der Waals surface area contributed by atoms with Crippen molar-refractivity contribution in [2.24, 2.45) is 0 Å². The van der Waals surface area contributed by atoms with Crippen LogP contribution in [0.1, 0.15) is 11.1 Å². The van der Waals surface area contributed by atoms with Crippen molar-refractivity contribution in [1.82, 2.24) is 0 Å². The Bertz CT molecular complexity index is 614. The lowest BCUT2D eigenvalue weighted by molar-refractivity contribution is 0.307. The molecule has 0 saturated heterocycles. The lowest BCUT2D eigenvalue weighted by Crippen LogP contribution is -2.35. The molecule has 6 heteroatoms. The van der Waals surface area contributed by atoms with Crippen molar-refractivity contribution in [2.45, 2.75) is 13.5 Å². The van der Waals surface area contributed by atoms with Crippen LogP contribution in [0.25, 0.3) is 0 Å². The number of halogens is 4. The number of hydrogen-bond donors (Lipinski definition) is 0. The van der Waals surface area contributed by atoms with Crippen LogP contribution in [0.4, 0.5) is 12.9 Å². The van der Waals surface area contributed by atoms with Gasteiger partial charge in [0.2, 0.25) is 0 Å². The van der Waals surface area contributed by atoms with E-state index in [9.17, 15) is 12.9 Å². The van der Waals surface area contributed by atoms with Gasteiger partial charge in [-0.25, -0.2) is 0 Å². The highest BCUT2D eigenvalue weighted by atomic mass is 35.5. The molecule has 0 aliphatic heterocycles. The minimum atomic E-state index is -5.10. The first-order valence-electron chi connectivity index (χ1n) is 6.04. The van der Waals surface area contributed by atoms with Crippen molar-refractivity contribution in [2.75, 3.05) is 0 Å². The van der Waals surface area contributed by atoms with E-state index in [0.717, 1.165) is 11.6 Å². The van der Waals surface area contributed by atoms with Crippen LogP contribution in [0.2, 0.25) is 5.02 Å². The number of ether oxygens (including phenoxy) is 1. The van der Waals surface area contributed by atoms with Gasteiger partial charge in [0.25, 0.3) is 0 Å². The SMILES string of the molecule is Cc1ccc(OCc2cccc(Cl)c2)c([B-](F)(F)F)c1. The average molecular weight is 300 g/mol. The van der Waals surface area contributed by atoms with Crippen LogP contribution >= 0.6 is 11.6 Å². The maximum absolute atomic E-state index is 13.0. The Morgan fingerprint density at radius 2 is 1.85 bits per heavy atom. The highest BCUT2D eigenvalue weighted by Crippen LogP contribution is 2.20. The molecule has 0 N–H and O–H groups in total. The number of aryl methyl sites for hydroxylation is 1. The van der Waals surface area contributed by atoms with Crippen LogP contribution in [-0.2, 0) is 6.61 Å². The molecule has 2 rings (SSSR count). The number of benzene rings is 2. The third kappa shape index (κ3) is 3.70. The minimum absolute atomic E-state index is 0.0444. The molecule has 1 nitrogen and oxygen atoms in total. The molecule has 0 heterocycles.